The number of rotatable bonds is 3. The summed E-state index contributed by atoms with van der Waals surface area (Å²) in [6.07, 6.45) is 0. The van der Waals surface area contributed by atoms with E-state index in [0.717, 1.165) is 12.1 Å². The maximum absolute atomic E-state index is 13.6. The van der Waals surface area contributed by atoms with Crippen molar-refractivity contribution >= 4 is 33.3 Å². The molecule has 110 valence electrons. The number of amides is 2. The first kappa shape index (κ1) is 15.2. The lowest BCUT2D eigenvalue weighted by Gasteiger charge is -2.10. The van der Waals surface area contributed by atoms with E-state index in [0.29, 0.717) is 11.4 Å². The highest BCUT2D eigenvalue weighted by atomic mass is 79.9. The van der Waals surface area contributed by atoms with Crippen molar-refractivity contribution in [3.05, 3.63) is 52.5 Å². The molecule has 0 aromatic heterocycles. The first-order valence-corrected chi connectivity index (χ1v) is 6.65. The number of anilines is 2. The SMILES string of the molecule is COc1cccc(NC(=O)Nc2cc(F)c(Br)cc2F)c1. The van der Waals surface area contributed by atoms with Gasteiger partial charge in [-0.3, -0.25) is 0 Å². The lowest BCUT2D eigenvalue weighted by molar-refractivity contribution is 0.262. The Balaban J connectivity index is 2.09. The number of carbonyl (C=O) groups excluding carboxylic acids is 1. The summed E-state index contributed by atoms with van der Waals surface area (Å²) in [6.45, 7) is 0. The van der Waals surface area contributed by atoms with Crippen molar-refractivity contribution in [2.75, 3.05) is 17.7 Å². The van der Waals surface area contributed by atoms with Crippen LogP contribution in [0.1, 0.15) is 0 Å². The van der Waals surface area contributed by atoms with Crippen LogP contribution in [0.2, 0.25) is 0 Å². The highest BCUT2D eigenvalue weighted by molar-refractivity contribution is 9.10. The monoisotopic (exact) mass is 356 g/mol. The second-order valence-electron chi connectivity index (χ2n) is 4.06. The summed E-state index contributed by atoms with van der Waals surface area (Å²) in [6, 6.07) is 7.78. The van der Waals surface area contributed by atoms with E-state index in [1.807, 2.05) is 0 Å². The molecule has 0 aliphatic carbocycles. The van der Waals surface area contributed by atoms with E-state index in [1.165, 1.54) is 7.11 Å². The Labute approximate surface area is 128 Å². The maximum atomic E-state index is 13.6. The molecule has 0 aliphatic heterocycles. The zero-order valence-corrected chi connectivity index (χ0v) is 12.5. The number of benzene rings is 2. The third-order valence-corrected chi connectivity index (χ3v) is 3.19. The molecule has 0 bridgehead atoms. The Hall–Kier alpha value is -2.15. The molecule has 0 saturated heterocycles. The third-order valence-electron chi connectivity index (χ3n) is 2.59. The highest BCUT2D eigenvalue weighted by Gasteiger charge is 2.11. The van der Waals surface area contributed by atoms with E-state index in [2.05, 4.69) is 26.6 Å². The van der Waals surface area contributed by atoms with Gasteiger partial charge in [-0.05, 0) is 34.1 Å². The second-order valence-corrected chi connectivity index (χ2v) is 4.91. The van der Waals surface area contributed by atoms with Gasteiger partial charge in [0.25, 0.3) is 0 Å². The van der Waals surface area contributed by atoms with Gasteiger partial charge in [-0.15, -0.1) is 0 Å². The molecule has 2 amide bonds. The standard InChI is InChI=1S/C14H11BrF2N2O2/c1-21-9-4-2-3-8(5-9)18-14(20)19-13-7-11(16)10(15)6-12(13)17/h2-7H,1H3,(H2,18,19,20). The van der Waals surface area contributed by atoms with Crippen LogP contribution in [0.15, 0.2) is 40.9 Å². The fourth-order valence-corrected chi connectivity index (χ4v) is 1.92. The fraction of sp³-hybridized carbons (Fsp3) is 0.0714. The quantitative estimate of drug-likeness (QED) is 0.801. The minimum Gasteiger partial charge on any atom is -0.497 e. The zero-order chi connectivity index (χ0) is 15.4. The lowest BCUT2D eigenvalue weighted by atomic mass is 10.3. The van der Waals surface area contributed by atoms with E-state index >= 15 is 0 Å². The number of methoxy groups -OCH3 is 1. The summed E-state index contributed by atoms with van der Waals surface area (Å²) in [5.41, 5.74) is 0.209. The number of hydrogen-bond acceptors (Lipinski definition) is 2. The number of hydrogen-bond donors (Lipinski definition) is 2. The number of ether oxygens (including phenoxy) is 1. The highest BCUT2D eigenvalue weighted by Crippen LogP contribution is 2.23. The first-order valence-electron chi connectivity index (χ1n) is 5.86. The van der Waals surface area contributed by atoms with Gasteiger partial charge < -0.3 is 15.4 Å². The lowest BCUT2D eigenvalue weighted by Crippen LogP contribution is -2.20. The second kappa shape index (κ2) is 6.53. The molecule has 2 N–H and O–H groups in total. The van der Waals surface area contributed by atoms with Crippen LogP contribution in [-0.2, 0) is 0 Å². The predicted octanol–water partition coefficient (Wildman–Crippen LogP) is 4.38. The van der Waals surface area contributed by atoms with Gasteiger partial charge in [0.05, 0.1) is 17.3 Å². The van der Waals surface area contributed by atoms with Crippen molar-refractivity contribution in [3.63, 3.8) is 0 Å². The summed E-state index contributed by atoms with van der Waals surface area (Å²) in [4.78, 5) is 11.8. The summed E-state index contributed by atoms with van der Waals surface area (Å²) in [5.74, 6) is -0.856. The molecule has 0 saturated carbocycles. The van der Waals surface area contributed by atoms with E-state index in [-0.39, 0.29) is 10.2 Å². The number of urea groups is 1. The van der Waals surface area contributed by atoms with E-state index in [1.54, 1.807) is 24.3 Å². The molecule has 7 heteroatoms. The van der Waals surface area contributed by atoms with Crippen molar-refractivity contribution in [2.24, 2.45) is 0 Å². The Bertz CT molecular complexity index is 680. The Morgan fingerprint density at radius 1 is 1.14 bits per heavy atom. The topological polar surface area (TPSA) is 50.4 Å². The molecule has 0 unspecified atom stereocenters. The zero-order valence-electron chi connectivity index (χ0n) is 10.9. The predicted molar refractivity (Wildman–Crippen MR) is 79.7 cm³/mol. The minimum absolute atomic E-state index is 0.0150. The van der Waals surface area contributed by atoms with Crippen molar-refractivity contribution in [1.29, 1.82) is 0 Å². The van der Waals surface area contributed by atoms with Gasteiger partial charge in [-0.1, -0.05) is 6.07 Å². The van der Waals surface area contributed by atoms with Gasteiger partial charge in [0, 0.05) is 17.8 Å². The normalized spacial score (nSPS) is 10.1. The van der Waals surface area contributed by atoms with Crippen molar-refractivity contribution in [3.8, 4) is 5.75 Å². The third kappa shape index (κ3) is 3.91. The maximum Gasteiger partial charge on any atom is 0.323 e. The van der Waals surface area contributed by atoms with Crippen LogP contribution in [0.3, 0.4) is 0 Å². The van der Waals surface area contributed by atoms with Crippen molar-refractivity contribution in [1.82, 2.24) is 0 Å². The van der Waals surface area contributed by atoms with E-state index in [9.17, 15) is 13.6 Å². The summed E-state index contributed by atoms with van der Waals surface area (Å²) >= 11 is 2.86. The van der Waals surface area contributed by atoms with E-state index in [4.69, 9.17) is 4.74 Å². The van der Waals surface area contributed by atoms with Crippen molar-refractivity contribution in [2.45, 2.75) is 0 Å². The van der Waals surface area contributed by atoms with E-state index < -0.39 is 17.7 Å². The van der Waals surface area contributed by atoms with Crippen LogP contribution in [-0.4, -0.2) is 13.1 Å². The van der Waals surface area contributed by atoms with Gasteiger partial charge in [0.15, 0.2) is 0 Å². The van der Waals surface area contributed by atoms with Crippen LogP contribution >= 0.6 is 15.9 Å². The number of carbonyl (C=O) groups is 1. The molecule has 2 aromatic rings. The average Bonchev–Trinajstić information content (AvgIpc) is 2.45. The smallest absolute Gasteiger partial charge is 0.323 e. The molecule has 0 radical (unpaired) electrons. The minimum atomic E-state index is -0.746. The molecule has 4 nitrogen and oxygen atoms in total. The Morgan fingerprint density at radius 2 is 1.90 bits per heavy atom. The van der Waals surface area contributed by atoms with Crippen LogP contribution < -0.4 is 15.4 Å². The molecular weight excluding hydrogens is 346 g/mol. The molecule has 0 spiro atoms. The Kier molecular flexibility index (Phi) is 4.74. The first-order chi connectivity index (χ1) is 9.99. The number of nitrogens with one attached hydrogen (secondary N) is 2. The fourth-order valence-electron chi connectivity index (χ4n) is 1.60. The molecule has 0 atom stereocenters. The summed E-state index contributed by atoms with van der Waals surface area (Å²) < 4.78 is 31.9. The van der Waals surface area contributed by atoms with Crippen LogP contribution in [0.4, 0.5) is 25.0 Å². The molecule has 21 heavy (non-hydrogen) atoms. The van der Waals surface area contributed by atoms with Gasteiger partial charge in [-0.25, -0.2) is 13.6 Å². The van der Waals surface area contributed by atoms with Crippen LogP contribution in [0, 0.1) is 11.6 Å². The molecule has 0 fully saturated rings. The molecule has 2 rings (SSSR count). The number of halogens is 3. The van der Waals surface area contributed by atoms with Crippen molar-refractivity contribution < 1.29 is 18.3 Å². The molecule has 0 aliphatic rings. The van der Waals surface area contributed by atoms with Crippen LogP contribution in [0.5, 0.6) is 5.75 Å². The van der Waals surface area contributed by atoms with Gasteiger partial charge >= 0.3 is 6.03 Å². The summed E-state index contributed by atoms with van der Waals surface area (Å²) in [7, 11) is 1.50. The van der Waals surface area contributed by atoms with Crippen LogP contribution in [0.25, 0.3) is 0 Å². The van der Waals surface area contributed by atoms with Gasteiger partial charge in [-0.2, -0.15) is 0 Å². The molecule has 2 aromatic carbocycles. The van der Waals surface area contributed by atoms with Gasteiger partial charge in [0.1, 0.15) is 17.4 Å². The molecule has 0 heterocycles. The molecular formula is C14H11BrF2N2O2. The largest absolute Gasteiger partial charge is 0.497 e. The average molecular weight is 357 g/mol. The Morgan fingerprint density at radius 3 is 2.62 bits per heavy atom. The van der Waals surface area contributed by atoms with Gasteiger partial charge in [0.2, 0.25) is 0 Å². The summed E-state index contributed by atoms with van der Waals surface area (Å²) in [5, 5.41) is 4.73.